The third-order valence-corrected chi connectivity index (χ3v) is 3.47. The van der Waals surface area contributed by atoms with Crippen LogP contribution in [-0.2, 0) is 4.79 Å². The van der Waals surface area contributed by atoms with Gasteiger partial charge in [0.05, 0.1) is 0 Å². The number of rotatable bonds is 7. The number of carbonyl (C=O) groups excluding carboxylic acids is 1. The summed E-state index contributed by atoms with van der Waals surface area (Å²) in [6, 6.07) is 0.631. The minimum absolute atomic E-state index is 0.197. The highest BCUT2D eigenvalue weighted by atomic mass is 16.1. The number of nitrogens with zero attached hydrogens (tertiary/aromatic N) is 1. The van der Waals surface area contributed by atoms with Gasteiger partial charge in [-0.3, -0.25) is 4.79 Å². The van der Waals surface area contributed by atoms with Crippen LogP contribution in [0.25, 0.3) is 0 Å². The van der Waals surface area contributed by atoms with Crippen LogP contribution in [0.4, 0.5) is 0 Å². The topological polar surface area (TPSA) is 44.4 Å². The predicted molar refractivity (Wildman–Crippen MR) is 71.0 cm³/mol. The SMILES string of the molecule is CNCCCC(=O)NCC1CCN(C(C)C)C1. The summed E-state index contributed by atoms with van der Waals surface area (Å²) in [6.07, 6.45) is 2.78. The van der Waals surface area contributed by atoms with Crippen LogP contribution in [0, 0.1) is 5.92 Å². The lowest BCUT2D eigenvalue weighted by Gasteiger charge is -2.20. The molecule has 1 fully saturated rings. The number of amides is 1. The number of hydrogen-bond donors (Lipinski definition) is 2. The van der Waals surface area contributed by atoms with Gasteiger partial charge in [-0.25, -0.2) is 0 Å². The summed E-state index contributed by atoms with van der Waals surface area (Å²) >= 11 is 0. The van der Waals surface area contributed by atoms with E-state index in [4.69, 9.17) is 0 Å². The van der Waals surface area contributed by atoms with Crippen LogP contribution in [-0.4, -0.2) is 50.1 Å². The van der Waals surface area contributed by atoms with Crippen molar-refractivity contribution in [1.29, 1.82) is 0 Å². The zero-order valence-corrected chi connectivity index (χ0v) is 11.5. The van der Waals surface area contributed by atoms with Crippen LogP contribution in [0.5, 0.6) is 0 Å². The van der Waals surface area contributed by atoms with E-state index in [-0.39, 0.29) is 5.91 Å². The van der Waals surface area contributed by atoms with E-state index in [0.29, 0.717) is 18.4 Å². The molecule has 0 spiro atoms. The molecule has 1 aliphatic rings. The van der Waals surface area contributed by atoms with Gasteiger partial charge in [-0.1, -0.05) is 0 Å². The summed E-state index contributed by atoms with van der Waals surface area (Å²) in [7, 11) is 1.91. The van der Waals surface area contributed by atoms with Gasteiger partial charge in [0.2, 0.25) is 5.91 Å². The third-order valence-electron chi connectivity index (χ3n) is 3.47. The molecule has 100 valence electrons. The maximum absolute atomic E-state index is 11.5. The molecule has 1 amide bonds. The van der Waals surface area contributed by atoms with Crippen LogP contribution < -0.4 is 10.6 Å². The van der Waals surface area contributed by atoms with Crippen LogP contribution in [0.1, 0.15) is 33.1 Å². The van der Waals surface area contributed by atoms with Crippen molar-refractivity contribution in [3.05, 3.63) is 0 Å². The second kappa shape index (κ2) is 7.67. The Kier molecular flexibility index (Phi) is 6.52. The van der Waals surface area contributed by atoms with Crippen molar-refractivity contribution in [2.45, 2.75) is 39.2 Å². The molecule has 17 heavy (non-hydrogen) atoms. The largest absolute Gasteiger partial charge is 0.356 e. The van der Waals surface area contributed by atoms with Crippen molar-refractivity contribution in [3.8, 4) is 0 Å². The molecule has 4 heteroatoms. The first-order chi connectivity index (χ1) is 8.13. The highest BCUT2D eigenvalue weighted by Gasteiger charge is 2.24. The van der Waals surface area contributed by atoms with Gasteiger partial charge in [0.15, 0.2) is 0 Å². The lowest BCUT2D eigenvalue weighted by atomic mass is 10.1. The number of nitrogens with one attached hydrogen (secondary N) is 2. The Morgan fingerprint density at radius 1 is 1.47 bits per heavy atom. The Balaban J connectivity index is 2.09. The van der Waals surface area contributed by atoms with Gasteiger partial charge >= 0.3 is 0 Å². The Morgan fingerprint density at radius 3 is 2.82 bits per heavy atom. The number of carbonyl (C=O) groups is 1. The molecule has 1 rings (SSSR count). The van der Waals surface area contributed by atoms with E-state index in [1.54, 1.807) is 0 Å². The van der Waals surface area contributed by atoms with E-state index in [9.17, 15) is 4.79 Å². The van der Waals surface area contributed by atoms with Gasteiger partial charge < -0.3 is 15.5 Å². The highest BCUT2D eigenvalue weighted by molar-refractivity contribution is 5.75. The number of hydrogen-bond acceptors (Lipinski definition) is 3. The molecule has 0 aromatic heterocycles. The molecule has 1 aliphatic heterocycles. The molecule has 4 nitrogen and oxygen atoms in total. The van der Waals surface area contributed by atoms with Gasteiger partial charge in [-0.05, 0) is 52.7 Å². The van der Waals surface area contributed by atoms with E-state index in [0.717, 1.165) is 26.1 Å². The molecular formula is C13H27N3O. The summed E-state index contributed by atoms with van der Waals surface area (Å²) in [6.45, 7) is 8.55. The van der Waals surface area contributed by atoms with E-state index in [1.165, 1.54) is 13.0 Å². The zero-order chi connectivity index (χ0) is 12.7. The molecule has 0 saturated carbocycles. The fourth-order valence-electron chi connectivity index (χ4n) is 2.27. The minimum Gasteiger partial charge on any atom is -0.356 e. The molecule has 2 N–H and O–H groups in total. The molecule has 0 bridgehead atoms. The van der Waals surface area contributed by atoms with E-state index < -0.39 is 0 Å². The number of likely N-dealkylation sites (tertiary alicyclic amines) is 1. The van der Waals surface area contributed by atoms with Gasteiger partial charge in [-0.15, -0.1) is 0 Å². The van der Waals surface area contributed by atoms with Crippen molar-refractivity contribution < 1.29 is 4.79 Å². The molecular weight excluding hydrogens is 214 g/mol. The highest BCUT2D eigenvalue weighted by Crippen LogP contribution is 2.17. The Labute approximate surface area is 105 Å². The van der Waals surface area contributed by atoms with Crippen LogP contribution in [0.15, 0.2) is 0 Å². The molecule has 0 aromatic rings. The van der Waals surface area contributed by atoms with Gasteiger partial charge in [0.25, 0.3) is 0 Å². The minimum atomic E-state index is 0.197. The van der Waals surface area contributed by atoms with Gasteiger partial charge in [-0.2, -0.15) is 0 Å². The summed E-state index contributed by atoms with van der Waals surface area (Å²) < 4.78 is 0. The molecule has 1 heterocycles. The van der Waals surface area contributed by atoms with E-state index >= 15 is 0 Å². The molecule has 0 aliphatic carbocycles. The van der Waals surface area contributed by atoms with Crippen molar-refractivity contribution in [1.82, 2.24) is 15.5 Å². The predicted octanol–water partition coefficient (Wildman–Crippen LogP) is 0.833. The molecule has 0 aromatic carbocycles. The maximum atomic E-state index is 11.5. The van der Waals surface area contributed by atoms with Crippen molar-refractivity contribution in [3.63, 3.8) is 0 Å². The normalized spacial score (nSPS) is 21.1. The first kappa shape index (κ1) is 14.5. The second-order valence-corrected chi connectivity index (χ2v) is 5.25. The second-order valence-electron chi connectivity index (χ2n) is 5.25. The molecule has 1 atom stereocenters. The van der Waals surface area contributed by atoms with E-state index in [2.05, 4.69) is 29.4 Å². The summed E-state index contributed by atoms with van der Waals surface area (Å²) in [5.74, 6) is 0.842. The standard InChI is InChI=1S/C13H27N3O/c1-11(2)16-8-6-12(10-16)9-15-13(17)5-4-7-14-3/h11-12,14H,4-10H2,1-3H3,(H,15,17). The van der Waals surface area contributed by atoms with Crippen LogP contribution >= 0.6 is 0 Å². The molecule has 1 saturated heterocycles. The Morgan fingerprint density at radius 2 is 2.24 bits per heavy atom. The van der Waals surface area contributed by atoms with Gasteiger partial charge in [0, 0.05) is 25.6 Å². The van der Waals surface area contributed by atoms with Crippen molar-refractivity contribution >= 4 is 5.91 Å². The smallest absolute Gasteiger partial charge is 0.220 e. The molecule has 1 unspecified atom stereocenters. The maximum Gasteiger partial charge on any atom is 0.220 e. The van der Waals surface area contributed by atoms with Crippen LogP contribution in [0.3, 0.4) is 0 Å². The van der Waals surface area contributed by atoms with Gasteiger partial charge in [0.1, 0.15) is 0 Å². The average molecular weight is 241 g/mol. The summed E-state index contributed by atoms with van der Waals surface area (Å²) in [5.41, 5.74) is 0. The average Bonchev–Trinajstić information content (AvgIpc) is 2.75. The van der Waals surface area contributed by atoms with Crippen molar-refractivity contribution in [2.24, 2.45) is 5.92 Å². The Bertz CT molecular complexity index is 231. The summed E-state index contributed by atoms with van der Waals surface area (Å²) in [5, 5.41) is 6.10. The lowest BCUT2D eigenvalue weighted by molar-refractivity contribution is -0.121. The first-order valence-corrected chi connectivity index (χ1v) is 6.78. The molecule has 0 radical (unpaired) electrons. The Hall–Kier alpha value is -0.610. The quantitative estimate of drug-likeness (QED) is 0.649. The van der Waals surface area contributed by atoms with Crippen molar-refractivity contribution in [2.75, 3.05) is 33.2 Å². The zero-order valence-electron chi connectivity index (χ0n) is 11.5. The monoisotopic (exact) mass is 241 g/mol. The van der Waals surface area contributed by atoms with Crippen LogP contribution in [0.2, 0.25) is 0 Å². The first-order valence-electron chi connectivity index (χ1n) is 6.78. The third kappa shape index (κ3) is 5.50. The fraction of sp³-hybridized carbons (Fsp3) is 0.923. The fourth-order valence-corrected chi connectivity index (χ4v) is 2.27. The summed E-state index contributed by atoms with van der Waals surface area (Å²) in [4.78, 5) is 14.0. The van der Waals surface area contributed by atoms with E-state index in [1.807, 2.05) is 7.05 Å². The lowest BCUT2D eigenvalue weighted by Crippen LogP contribution is -2.33.